The largest absolute Gasteiger partial charge is 0.498 e. The van der Waals surface area contributed by atoms with Gasteiger partial charge in [0.25, 0.3) is 0 Å². The van der Waals surface area contributed by atoms with Gasteiger partial charge < -0.3 is 18.5 Å². The van der Waals surface area contributed by atoms with E-state index in [0.29, 0.717) is 24.4 Å². The standard InChI is InChI=1S/C23H38BFO4Si/c1-21(2,3)30(8,9)27-18-12-16(13-18)15-26-20-14-17(25)10-11-19(20)24-28-22(4,5)23(6,7)29-24/h10-11,14,16,18H,12-13,15H2,1-9H3. The SMILES string of the molecule is CC1(C)OB(c2ccc(F)cc2OCC2CC(O[Si](C)(C)C(C)(C)C)C2)OC1(C)C. The van der Waals surface area contributed by atoms with E-state index in [-0.39, 0.29) is 10.9 Å². The molecule has 1 aliphatic heterocycles. The Kier molecular flexibility index (Phi) is 6.27. The van der Waals surface area contributed by atoms with Crippen LogP contribution in [0.4, 0.5) is 4.39 Å². The molecular weight excluding hydrogens is 398 g/mol. The predicted molar refractivity (Wildman–Crippen MR) is 122 cm³/mol. The zero-order valence-corrected chi connectivity index (χ0v) is 21.1. The lowest BCUT2D eigenvalue weighted by atomic mass is 9.78. The van der Waals surface area contributed by atoms with Gasteiger partial charge in [-0.05, 0) is 70.7 Å². The smallest absolute Gasteiger partial charge is 0.494 e. The molecule has 0 bridgehead atoms. The van der Waals surface area contributed by atoms with Crippen molar-refractivity contribution < 1.29 is 22.9 Å². The van der Waals surface area contributed by atoms with E-state index in [9.17, 15) is 4.39 Å². The molecule has 2 fully saturated rings. The number of hydrogen-bond acceptors (Lipinski definition) is 4. The van der Waals surface area contributed by atoms with Crippen LogP contribution in [0.2, 0.25) is 18.1 Å². The van der Waals surface area contributed by atoms with E-state index in [1.54, 1.807) is 6.07 Å². The highest BCUT2D eigenvalue weighted by molar-refractivity contribution is 6.74. The van der Waals surface area contributed by atoms with Gasteiger partial charge in [0.1, 0.15) is 11.6 Å². The summed E-state index contributed by atoms with van der Waals surface area (Å²) in [5, 5.41) is 0.216. The van der Waals surface area contributed by atoms with Crippen molar-refractivity contribution in [2.75, 3.05) is 6.61 Å². The molecule has 0 amide bonds. The van der Waals surface area contributed by atoms with Gasteiger partial charge >= 0.3 is 7.12 Å². The van der Waals surface area contributed by atoms with Gasteiger partial charge in [-0.3, -0.25) is 0 Å². The molecule has 1 aromatic carbocycles. The molecule has 0 atom stereocenters. The molecule has 1 saturated carbocycles. The van der Waals surface area contributed by atoms with Gasteiger partial charge in [-0.15, -0.1) is 0 Å². The maximum absolute atomic E-state index is 13.9. The van der Waals surface area contributed by atoms with Crippen LogP contribution in [0, 0.1) is 11.7 Å². The molecule has 30 heavy (non-hydrogen) atoms. The number of rotatable bonds is 6. The molecule has 0 aromatic heterocycles. The average molecular weight is 436 g/mol. The van der Waals surface area contributed by atoms with Crippen molar-refractivity contribution in [1.82, 2.24) is 0 Å². The molecule has 0 N–H and O–H groups in total. The Bertz CT molecular complexity index is 753. The second-order valence-corrected chi connectivity index (χ2v) is 16.2. The van der Waals surface area contributed by atoms with Gasteiger partial charge in [0.2, 0.25) is 0 Å². The Morgan fingerprint density at radius 2 is 1.67 bits per heavy atom. The normalized spacial score (nSPS) is 25.9. The first-order chi connectivity index (χ1) is 13.6. The fourth-order valence-corrected chi connectivity index (χ4v) is 4.89. The van der Waals surface area contributed by atoms with E-state index in [0.717, 1.165) is 18.3 Å². The third-order valence-corrected chi connectivity index (χ3v) is 12.0. The third kappa shape index (κ3) is 4.79. The highest BCUT2D eigenvalue weighted by atomic mass is 28.4. The molecule has 1 heterocycles. The molecular formula is C23H38BFO4Si. The van der Waals surface area contributed by atoms with Crippen LogP contribution in [0.1, 0.15) is 61.3 Å². The molecule has 3 rings (SSSR count). The Morgan fingerprint density at radius 3 is 2.20 bits per heavy atom. The van der Waals surface area contributed by atoms with Gasteiger partial charge in [0, 0.05) is 17.6 Å². The van der Waals surface area contributed by atoms with Gasteiger partial charge in [-0.25, -0.2) is 4.39 Å². The molecule has 2 aliphatic rings. The van der Waals surface area contributed by atoms with E-state index in [1.165, 1.54) is 12.1 Å². The quantitative estimate of drug-likeness (QED) is 0.567. The molecule has 1 aliphatic carbocycles. The molecule has 1 saturated heterocycles. The molecule has 0 radical (unpaired) electrons. The summed E-state index contributed by atoms with van der Waals surface area (Å²) in [5.74, 6) is 0.606. The van der Waals surface area contributed by atoms with Crippen LogP contribution in [0.25, 0.3) is 0 Å². The van der Waals surface area contributed by atoms with E-state index in [4.69, 9.17) is 18.5 Å². The van der Waals surface area contributed by atoms with Crippen LogP contribution in [0.5, 0.6) is 5.75 Å². The van der Waals surface area contributed by atoms with Crippen molar-refractivity contribution in [2.24, 2.45) is 5.92 Å². The number of halogens is 1. The van der Waals surface area contributed by atoms with Crippen LogP contribution in [-0.2, 0) is 13.7 Å². The summed E-state index contributed by atoms with van der Waals surface area (Å²) in [4.78, 5) is 0. The van der Waals surface area contributed by atoms with Gasteiger partial charge in [0.15, 0.2) is 8.32 Å². The van der Waals surface area contributed by atoms with Crippen molar-refractivity contribution in [1.29, 1.82) is 0 Å². The molecule has 0 unspecified atom stereocenters. The second kappa shape index (κ2) is 7.91. The highest BCUT2D eigenvalue weighted by Crippen LogP contribution is 2.42. The lowest BCUT2D eigenvalue weighted by Crippen LogP contribution is -2.48. The van der Waals surface area contributed by atoms with E-state index in [1.807, 2.05) is 27.7 Å². The van der Waals surface area contributed by atoms with Crippen LogP contribution >= 0.6 is 0 Å². The molecule has 1 aromatic rings. The molecule has 0 spiro atoms. The zero-order chi connectivity index (χ0) is 22.5. The third-order valence-electron chi connectivity index (χ3n) is 7.42. The van der Waals surface area contributed by atoms with Crippen LogP contribution in [-0.4, -0.2) is 39.3 Å². The summed E-state index contributed by atoms with van der Waals surface area (Å²) in [5.41, 5.74) is -0.166. The first-order valence-electron chi connectivity index (χ1n) is 11.1. The van der Waals surface area contributed by atoms with Gasteiger partial charge in [-0.2, -0.15) is 0 Å². The van der Waals surface area contributed by atoms with E-state index in [2.05, 4.69) is 33.9 Å². The molecule has 4 nitrogen and oxygen atoms in total. The Balaban J connectivity index is 1.59. The second-order valence-electron chi connectivity index (χ2n) is 11.4. The Labute approximate surface area is 183 Å². The fraction of sp³-hybridized carbons (Fsp3) is 0.739. The Hall–Kier alpha value is -0.888. The fourth-order valence-electron chi connectivity index (χ4n) is 3.51. The number of benzene rings is 1. The maximum atomic E-state index is 13.9. The summed E-state index contributed by atoms with van der Waals surface area (Å²) in [7, 11) is -2.31. The van der Waals surface area contributed by atoms with Crippen molar-refractivity contribution in [3.8, 4) is 5.75 Å². The monoisotopic (exact) mass is 436 g/mol. The zero-order valence-electron chi connectivity index (χ0n) is 20.1. The summed E-state index contributed by atoms with van der Waals surface area (Å²) in [6.45, 7) is 20.0. The van der Waals surface area contributed by atoms with Crippen molar-refractivity contribution in [3.63, 3.8) is 0 Å². The Morgan fingerprint density at radius 1 is 1.10 bits per heavy atom. The van der Waals surface area contributed by atoms with Crippen LogP contribution in [0.3, 0.4) is 0 Å². The highest BCUT2D eigenvalue weighted by Gasteiger charge is 2.52. The minimum absolute atomic E-state index is 0.216. The lowest BCUT2D eigenvalue weighted by Gasteiger charge is -2.44. The van der Waals surface area contributed by atoms with Crippen molar-refractivity contribution >= 4 is 20.9 Å². The summed E-state index contributed by atoms with van der Waals surface area (Å²) >= 11 is 0. The molecule has 7 heteroatoms. The summed E-state index contributed by atoms with van der Waals surface area (Å²) in [6.07, 6.45) is 2.30. The van der Waals surface area contributed by atoms with Gasteiger partial charge in [0.05, 0.1) is 17.8 Å². The number of hydrogen-bond donors (Lipinski definition) is 0. The first kappa shape index (κ1) is 23.8. The van der Waals surface area contributed by atoms with Crippen molar-refractivity contribution in [3.05, 3.63) is 24.0 Å². The van der Waals surface area contributed by atoms with Gasteiger partial charge in [-0.1, -0.05) is 26.8 Å². The van der Waals surface area contributed by atoms with Crippen LogP contribution < -0.4 is 10.2 Å². The van der Waals surface area contributed by atoms with E-state index >= 15 is 0 Å². The molecule has 168 valence electrons. The lowest BCUT2D eigenvalue weighted by molar-refractivity contribution is 0.00578. The maximum Gasteiger partial charge on any atom is 0.498 e. The first-order valence-corrected chi connectivity index (χ1v) is 14.0. The minimum Gasteiger partial charge on any atom is -0.494 e. The van der Waals surface area contributed by atoms with Crippen LogP contribution in [0.15, 0.2) is 18.2 Å². The topological polar surface area (TPSA) is 36.9 Å². The predicted octanol–water partition coefficient (Wildman–Crippen LogP) is 5.30. The average Bonchev–Trinajstić information content (AvgIpc) is 2.76. The van der Waals surface area contributed by atoms with E-state index < -0.39 is 26.6 Å². The van der Waals surface area contributed by atoms with Crippen molar-refractivity contribution in [2.45, 2.75) is 96.7 Å². The summed E-state index contributed by atoms with van der Waals surface area (Å²) < 4.78 is 38.8. The minimum atomic E-state index is -1.74. The summed E-state index contributed by atoms with van der Waals surface area (Å²) in [6, 6.07) is 4.57. The number of ether oxygens (including phenoxy) is 1.